The van der Waals surface area contributed by atoms with Crippen LogP contribution in [0.5, 0.6) is 11.5 Å². The maximum Gasteiger partial charge on any atom is 0.453 e. The minimum absolute atomic E-state index is 0.155. The quantitative estimate of drug-likeness (QED) is 0.507. The number of aryl methyl sites for hydroxylation is 1. The van der Waals surface area contributed by atoms with Crippen molar-refractivity contribution in [3.8, 4) is 17.6 Å². The number of carbonyl (C=O) groups is 1. The van der Waals surface area contributed by atoms with Crippen LogP contribution in [-0.4, -0.2) is 25.5 Å². The number of aromatic nitrogens is 4. The summed E-state index contributed by atoms with van der Waals surface area (Å²) in [6.07, 6.45) is -4.79. The van der Waals surface area contributed by atoms with Gasteiger partial charge in [-0.1, -0.05) is 18.2 Å². The van der Waals surface area contributed by atoms with E-state index in [1.54, 1.807) is 24.3 Å². The first-order valence-electron chi connectivity index (χ1n) is 9.14. The van der Waals surface area contributed by atoms with Gasteiger partial charge in [-0.2, -0.15) is 27.9 Å². The van der Waals surface area contributed by atoms with E-state index >= 15 is 0 Å². The number of alkyl halides is 3. The maximum absolute atomic E-state index is 13.0. The van der Waals surface area contributed by atoms with Crippen molar-refractivity contribution < 1.29 is 22.7 Å². The third-order valence-corrected chi connectivity index (χ3v) is 4.26. The van der Waals surface area contributed by atoms with Crippen LogP contribution in [0.1, 0.15) is 27.6 Å². The number of fused-ring (bicyclic) bond motifs is 1. The highest BCUT2D eigenvalue weighted by atomic mass is 19.4. The van der Waals surface area contributed by atoms with Gasteiger partial charge in [-0.05, 0) is 43.3 Å². The number of nitrogens with zero attached hydrogens (tertiary/aromatic N) is 5. The molecule has 2 aromatic carbocycles. The topological polar surface area (TPSA) is 105 Å². The Morgan fingerprint density at radius 1 is 1.12 bits per heavy atom. The zero-order valence-corrected chi connectivity index (χ0v) is 16.4. The molecule has 4 aromatic rings. The summed E-state index contributed by atoms with van der Waals surface area (Å²) in [5, 5.41) is 15.4. The van der Waals surface area contributed by atoms with E-state index in [1.807, 2.05) is 12.1 Å². The van der Waals surface area contributed by atoms with Crippen LogP contribution < -0.4 is 10.1 Å². The van der Waals surface area contributed by atoms with E-state index in [0.29, 0.717) is 5.75 Å². The van der Waals surface area contributed by atoms with Gasteiger partial charge in [0.1, 0.15) is 23.3 Å². The molecule has 160 valence electrons. The molecule has 8 nitrogen and oxygen atoms in total. The Balaban J connectivity index is 1.63. The monoisotopic (exact) mass is 438 g/mol. The van der Waals surface area contributed by atoms with Crippen LogP contribution in [0, 0.1) is 18.3 Å². The summed E-state index contributed by atoms with van der Waals surface area (Å²) in [5.74, 6) is -1.70. The molecule has 2 aromatic heterocycles. The van der Waals surface area contributed by atoms with Crippen molar-refractivity contribution in [1.29, 1.82) is 5.26 Å². The number of nitriles is 1. The van der Waals surface area contributed by atoms with Gasteiger partial charge in [-0.25, -0.2) is 4.98 Å². The predicted molar refractivity (Wildman–Crippen MR) is 106 cm³/mol. The maximum atomic E-state index is 13.0. The lowest BCUT2D eigenvalue weighted by molar-refractivity contribution is -0.144. The van der Waals surface area contributed by atoms with Crippen molar-refractivity contribution in [1.82, 2.24) is 19.6 Å². The standard InChI is InChI=1S/C21H13F3N6O2/c1-12-9-16(30-20(26-12)28-19(29-30)21(22,23)24)18(31)27-14-7-8-17(13(10-14)11-25)32-15-5-3-2-4-6-15/h2-10H,1H3,(H,27,31). The number of ether oxygens (including phenoxy) is 1. The number of para-hydroxylation sites is 1. The molecule has 0 radical (unpaired) electrons. The molecule has 0 atom stereocenters. The molecule has 32 heavy (non-hydrogen) atoms. The van der Waals surface area contributed by atoms with E-state index in [4.69, 9.17) is 4.74 Å². The van der Waals surface area contributed by atoms with E-state index in [-0.39, 0.29) is 34.2 Å². The molecule has 1 N–H and O–H groups in total. The highest BCUT2D eigenvalue weighted by Crippen LogP contribution is 2.28. The lowest BCUT2D eigenvalue weighted by Crippen LogP contribution is -2.18. The van der Waals surface area contributed by atoms with Gasteiger partial charge in [0.05, 0.1) is 5.56 Å². The zero-order chi connectivity index (χ0) is 22.9. The first-order valence-corrected chi connectivity index (χ1v) is 9.14. The molecule has 0 aliphatic heterocycles. The SMILES string of the molecule is Cc1cc(C(=O)Nc2ccc(Oc3ccccc3)c(C#N)c2)n2nc(C(F)(F)F)nc2n1. The predicted octanol–water partition coefficient (Wildman–Crippen LogP) is 4.37. The second-order valence-electron chi connectivity index (χ2n) is 6.62. The number of benzene rings is 2. The summed E-state index contributed by atoms with van der Waals surface area (Å²) in [6, 6.07) is 16.5. The Bertz CT molecular complexity index is 1360. The first-order chi connectivity index (χ1) is 15.2. The zero-order valence-electron chi connectivity index (χ0n) is 16.4. The Hall–Kier alpha value is -4.46. The summed E-state index contributed by atoms with van der Waals surface area (Å²) in [6.45, 7) is 1.52. The summed E-state index contributed by atoms with van der Waals surface area (Å²) < 4.78 is 45.3. The number of carbonyl (C=O) groups excluding carboxylic acids is 1. The molecule has 0 fully saturated rings. The number of halogens is 3. The molecule has 0 saturated heterocycles. The molecular formula is C21H13F3N6O2. The van der Waals surface area contributed by atoms with Crippen molar-refractivity contribution in [2.24, 2.45) is 0 Å². The average Bonchev–Trinajstić information content (AvgIpc) is 3.19. The lowest BCUT2D eigenvalue weighted by Gasteiger charge is -2.10. The van der Waals surface area contributed by atoms with Crippen LogP contribution >= 0.6 is 0 Å². The van der Waals surface area contributed by atoms with Crippen molar-refractivity contribution in [2.45, 2.75) is 13.1 Å². The van der Waals surface area contributed by atoms with Crippen LogP contribution in [-0.2, 0) is 6.18 Å². The molecule has 0 bridgehead atoms. The van der Waals surface area contributed by atoms with E-state index in [0.717, 1.165) is 4.52 Å². The third-order valence-electron chi connectivity index (χ3n) is 4.26. The lowest BCUT2D eigenvalue weighted by atomic mass is 10.2. The van der Waals surface area contributed by atoms with Crippen LogP contribution in [0.15, 0.2) is 54.6 Å². The molecular weight excluding hydrogens is 425 g/mol. The molecule has 1 amide bonds. The fraction of sp³-hybridized carbons (Fsp3) is 0.0952. The van der Waals surface area contributed by atoms with Gasteiger partial charge in [0.15, 0.2) is 0 Å². The fourth-order valence-corrected chi connectivity index (χ4v) is 2.86. The van der Waals surface area contributed by atoms with Crippen LogP contribution in [0.2, 0.25) is 0 Å². The van der Waals surface area contributed by atoms with Crippen LogP contribution in [0.4, 0.5) is 18.9 Å². The second-order valence-corrected chi connectivity index (χ2v) is 6.62. The van der Waals surface area contributed by atoms with Gasteiger partial charge in [0.2, 0.25) is 0 Å². The minimum atomic E-state index is -4.79. The molecule has 0 saturated carbocycles. The molecule has 0 unspecified atom stereocenters. The highest BCUT2D eigenvalue weighted by molar-refractivity contribution is 6.03. The molecule has 2 heterocycles. The summed E-state index contributed by atoms with van der Waals surface area (Å²) in [5.41, 5.74) is 0.486. The number of hydrogen-bond acceptors (Lipinski definition) is 6. The number of nitrogens with one attached hydrogen (secondary N) is 1. The van der Waals surface area contributed by atoms with Gasteiger partial charge >= 0.3 is 6.18 Å². The first kappa shape index (κ1) is 20.8. The van der Waals surface area contributed by atoms with Crippen molar-refractivity contribution in [3.05, 3.63) is 77.4 Å². The largest absolute Gasteiger partial charge is 0.456 e. The smallest absolute Gasteiger partial charge is 0.453 e. The van der Waals surface area contributed by atoms with Crippen molar-refractivity contribution in [3.63, 3.8) is 0 Å². The van der Waals surface area contributed by atoms with E-state index < -0.39 is 17.9 Å². The fourth-order valence-electron chi connectivity index (χ4n) is 2.86. The van der Waals surface area contributed by atoms with E-state index in [9.17, 15) is 23.2 Å². The average molecular weight is 438 g/mol. The highest BCUT2D eigenvalue weighted by Gasteiger charge is 2.37. The molecule has 0 aliphatic rings. The number of rotatable bonds is 4. The minimum Gasteiger partial charge on any atom is -0.456 e. The molecule has 11 heteroatoms. The van der Waals surface area contributed by atoms with E-state index in [1.165, 1.54) is 31.2 Å². The Kier molecular flexibility index (Phi) is 5.19. The number of anilines is 1. The molecule has 4 rings (SSSR count). The van der Waals surface area contributed by atoms with Gasteiger partial charge in [-0.15, -0.1) is 5.10 Å². The van der Waals surface area contributed by atoms with Crippen LogP contribution in [0.25, 0.3) is 5.78 Å². The summed E-state index contributed by atoms with van der Waals surface area (Å²) in [4.78, 5) is 20.0. The Morgan fingerprint density at radius 3 is 2.56 bits per heavy atom. The van der Waals surface area contributed by atoms with Crippen molar-refractivity contribution >= 4 is 17.4 Å². The van der Waals surface area contributed by atoms with Gasteiger partial charge in [-0.3, -0.25) is 4.79 Å². The second kappa shape index (κ2) is 7.99. The van der Waals surface area contributed by atoms with Gasteiger partial charge in [0.25, 0.3) is 17.5 Å². The number of amides is 1. The number of hydrogen-bond donors (Lipinski definition) is 1. The molecule has 0 aliphatic carbocycles. The Morgan fingerprint density at radius 2 is 1.88 bits per heavy atom. The van der Waals surface area contributed by atoms with Gasteiger partial charge < -0.3 is 10.1 Å². The summed E-state index contributed by atoms with van der Waals surface area (Å²) in [7, 11) is 0. The van der Waals surface area contributed by atoms with Crippen LogP contribution in [0.3, 0.4) is 0 Å². The van der Waals surface area contributed by atoms with E-state index in [2.05, 4.69) is 20.4 Å². The molecule has 0 spiro atoms. The normalized spacial score (nSPS) is 11.2. The third kappa shape index (κ3) is 4.20. The summed E-state index contributed by atoms with van der Waals surface area (Å²) >= 11 is 0. The van der Waals surface area contributed by atoms with Crippen molar-refractivity contribution in [2.75, 3.05) is 5.32 Å². The Labute approximate surface area is 178 Å². The van der Waals surface area contributed by atoms with Gasteiger partial charge in [0, 0.05) is 11.4 Å².